The van der Waals surface area contributed by atoms with Gasteiger partial charge in [-0.1, -0.05) is 25.1 Å². The first-order valence-electron chi connectivity index (χ1n) is 14.9. The Kier molecular flexibility index (Phi) is 7.12. The molecule has 3 fully saturated rings. The number of aryl methyl sites for hydroxylation is 1. The highest BCUT2D eigenvalue weighted by molar-refractivity contribution is 7.89. The fourth-order valence-corrected chi connectivity index (χ4v) is 10.3. The smallest absolute Gasteiger partial charge is 0.333 e. The van der Waals surface area contributed by atoms with Gasteiger partial charge >= 0.3 is 6.18 Å². The van der Waals surface area contributed by atoms with Crippen molar-refractivity contribution >= 4 is 21.7 Å². The van der Waals surface area contributed by atoms with Gasteiger partial charge in [0.15, 0.2) is 0 Å². The Labute approximate surface area is 245 Å². The van der Waals surface area contributed by atoms with Gasteiger partial charge in [-0.15, -0.1) is 0 Å². The summed E-state index contributed by atoms with van der Waals surface area (Å²) in [5.74, 6) is 1.52. The SMILES string of the molecule is CC1CN(S(=O)(=O)c2ccccc2C(F)(F)F)C(C)CN1C(=O)c1ccc2c(c1)CC[C@@H]1[C@@H]2CC[C@]2(C)C(=O)CC[C@@H]12. The van der Waals surface area contributed by atoms with Crippen LogP contribution in [0.4, 0.5) is 13.2 Å². The Morgan fingerprint density at radius 2 is 1.71 bits per heavy atom. The normalized spacial score (nSPS) is 31.8. The van der Waals surface area contributed by atoms with E-state index >= 15 is 0 Å². The van der Waals surface area contributed by atoms with E-state index in [1.807, 2.05) is 12.1 Å². The van der Waals surface area contributed by atoms with E-state index in [1.165, 1.54) is 23.3 Å². The molecule has 2 unspecified atom stereocenters. The molecule has 0 N–H and O–H groups in total. The summed E-state index contributed by atoms with van der Waals surface area (Å²) in [5.41, 5.74) is 1.61. The molecule has 6 atom stereocenters. The fourth-order valence-electron chi connectivity index (χ4n) is 8.42. The highest BCUT2D eigenvalue weighted by Crippen LogP contribution is 2.59. The highest BCUT2D eigenvalue weighted by Gasteiger charge is 2.54. The van der Waals surface area contributed by atoms with Gasteiger partial charge in [0.1, 0.15) is 5.78 Å². The minimum absolute atomic E-state index is 0.0729. The summed E-state index contributed by atoms with van der Waals surface area (Å²) in [6, 6.07) is 8.89. The van der Waals surface area contributed by atoms with E-state index < -0.39 is 38.7 Å². The molecule has 2 aromatic rings. The quantitative estimate of drug-likeness (QED) is 0.429. The minimum Gasteiger partial charge on any atom is -0.333 e. The van der Waals surface area contributed by atoms with Crippen LogP contribution in [0.25, 0.3) is 0 Å². The molecule has 6 rings (SSSR count). The molecule has 0 aromatic heterocycles. The van der Waals surface area contributed by atoms with Crippen molar-refractivity contribution in [1.29, 1.82) is 0 Å². The standard InChI is InChI=1S/C32H37F3N2O4S/c1-19-18-37(42(40,41)28-7-5-4-6-27(28)32(33,34)35)20(2)17-36(19)30(39)22-9-10-23-21(16-22)8-11-25-24(23)14-15-31(3)26(25)12-13-29(31)38/h4-7,9-10,16,19-20,24-26H,8,11-15,17-18H2,1-3H3/t19?,20?,24-,25-,26+,31+/m1/s1. The predicted octanol–water partition coefficient (Wildman–Crippen LogP) is 6.05. The zero-order chi connectivity index (χ0) is 30.2. The number of sulfonamides is 1. The second-order valence-corrected chi connectivity index (χ2v) is 14.8. The number of benzene rings is 2. The van der Waals surface area contributed by atoms with E-state index in [2.05, 4.69) is 13.0 Å². The summed E-state index contributed by atoms with van der Waals surface area (Å²) in [5, 5.41) is 0. The molecule has 1 aliphatic heterocycles. The van der Waals surface area contributed by atoms with E-state index in [0.29, 0.717) is 35.5 Å². The third-order valence-electron chi connectivity index (χ3n) is 10.7. The number of carbonyl (C=O) groups excluding carboxylic acids is 2. The third-order valence-corrected chi connectivity index (χ3v) is 12.7. The van der Waals surface area contributed by atoms with Crippen LogP contribution in [0.2, 0.25) is 0 Å². The Balaban J connectivity index is 1.20. The molecule has 10 heteroatoms. The Bertz CT molecular complexity index is 1540. The van der Waals surface area contributed by atoms with E-state index in [0.717, 1.165) is 48.5 Å². The maximum absolute atomic E-state index is 13.7. The molecule has 0 radical (unpaired) electrons. The lowest BCUT2D eigenvalue weighted by molar-refractivity contribution is -0.140. The molecule has 1 amide bonds. The number of halogens is 3. The summed E-state index contributed by atoms with van der Waals surface area (Å²) in [6.07, 6.45) is 0.600. The topological polar surface area (TPSA) is 74.8 Å². The van der Waals surface area contributed by atoms with Crippen molar-refractivity contribution < 1.29 is 31.2 Å². The zero-order valence-corrected chi connectivity index (χ0v) is 25.0. The Morgan fingerprint density at radius 1 is 0.976 bits per heavy atom. The van der Waals surface area contributed by atoms with Crippen LogP contribution in [-0.4, -0.2) is 54.5 Å². The predicted molar refractivity (Wildman–Crippen MR) is 151 cm³/mol. The number of rotatable bonds is 3. The molecule has 1 saturated heterocycles. The number of nitrogens with zero attached hydrogens (tertiary/aromatic N) is 2. The largest absolute Gasteiger partial charge is 0.417 e. The van der Waals surface area contributed by atoms with E-state index in [1.54, 1.807) is 18.7 Å². The van der Waals surface area contributed by atoms with Crippen molar-refractivity contribution in [2.45, 2.75) is 88.4 Å². The molecular weight excluding hydrogens is 565 g/mol. The molecule has 0 bridgehead atoms. The van der Waals surface area contributed by atoms with Crippen molar-refractivity contribution in [2.75, 3.05) is 13.1 Å². The second kappa shape index (κ2) is 10.2. The van der Waals surface area contributed by atoms with Crippen LogP contribution in [0, 0.1) is 17.3 Å². The van der Waals surface area contributed by atoms with Crippen LogP contribution in [0.1, 0.15) is 85.8 Å². The van der Waals surface area contributed by atoms with Gasteiger partial charge in [-0.2, -0.15) is 17.5 Å². The fraction of sp³-hybridized carbons (Fsp3) is 0.562. The molecular formula is C32H37F3N2O4S. The highest BCUT2D eigenvalue weighted by atomic mass is 32.2. The van der Waals surface area contributed by atoms with Crippen molar-refractivity contribution in [3.8, 4) is 0 Å². The maximum Gasteiger partial charge on any atom is 0.417 e. The van der Waals surface area contributed by atoms with Gasteiger partial charge in [-0.05, 0) is 99.1 Å². The molecule has 4 aliphatic rings. The van der Waals surface area contributed by atoms with E-state index in [-0.39, 0.29) is 24.4 Å². The first kappa shape index (κ1) is 29.4. The van der Waals surface area contributed by atoms with Crippen molar-refractivity contribution in [2.24, 2.45) is 17.3 Å². The maximum atomic E-state index is 13.7. The van der Waals surface area contributed by atoms with Gasteiger partial charge in [0.05, 0.1) is 10.5 Å². The zero-order valence-electron chi connectivity index (χ0n) is 24.2. The molecule has 2 saturated carbocycles. The summed E-state index contributed by atoms with van der Waals surface area (Å²) < 4.78 is 68.9. The summed E-state index contributed by atoms with van der Waals surface area (Å²) in [7, 11) is -4.46. The van der Waals surface area contributed by atoms with Crippen LogP contribution in [0.3, 0.4) is 0 Å². The van der Waals surface area contributed by atoms with Crippen LogP contribution < -0.4 is 0 Å². The van der Waals surface area contributed by atoms with Gasteiger partial charge in [0, 0.05) is 42.6 Å². The first-order valence-corrected chi connectivity index (χ1v) is 16.3. The molecule has 42 heavy (non-hydrogen) atoms. The summed E-state index contributed by atoms with van der Waals surface area (Å²) >= 11 is 0. The average molecular weight is 603 g/mol. The van der Waals surface area contributed by atoms with Gasteiger partial charge in [-0.3, -0.25) is 9.59 Å². The van der Waals surface area contributed by atoms with Gasteiger partial charge in [0.25, 0.3) is 5.91 Å². The number of ketones is 1. The van der Waals surface area contributed by atoms with Crippen LogP contribution >= 0.6 is 0 Å². The summed E-state index contributed by atoms with van der Waals surface area (Å²) in [4.78, 5) is 27.2. The number of piperazine rings is 1. The van der Waals surface area contributed by atoms with E-state index in [9.17, 15) is 31.2 Å². The summed E-state index contributed by atoms with van der Waals surface area (Å²) in [6.45, 7) is 5.48. The van der Waals surface area contributed by atoms with Crippen LogP contribution in [-0.2, 0) is 27.4 Å². The lowest BCUT2D eigenvalue weighted by Crippen LogP contribution is -2.59. The molecule has 226 valence electrons. The minimum atomic E-state index is -4.81. The molecule has 6 nitrogen and oxygen atoms in total. The number of Topliss-reactive ketones (excluding diaryl/α,β-unsaturated/α-hetero) is 1. The number of fused-ring (bicyclic) bond motifs is 5. The number of hydrogen-bond acceptors (Lipinski definition) is 4. The molecule has 3 aliphatic carbocycles. The van der Waals surface area contributed by atoms with Crippen LogP contribution in [0.15, 0.2) is 47.4 Å². The third kappa shape index (κ3) is 4.60. The number of hydrogen-bond donors (Lipinski definition) is 0. The number of carbonyl (C=O) groups is 2. The Hall–Kier alpha value is -2.72. The van der Waals surface area contributed by atoms with Crippen molar-refractivity contribution in [1.82, 2.24) is 9.21 Å². The molecule has 0 spiro atoms. The number of amides is 1. The monoisotopic (exact) mass is 602 g/mol. The van der Waals surface area contributed by atoms with Gasteiger partial charge in [0.2, 0.25) is 10.0 Å². The molecule has 1 heterocycles. The molecule has 2 aromatic carbocycles. The first-order chi connectivity index (χ1) is 19.7. The lowest BCUT2D eigenvalue weighted by Gasteiger charge is -2.48. The average Bonchev–Trinajstić information content (AvgIpc) is 3.26. The van der Waals surface area contributed by atoms with Crippen LogP contribution in [0.5, 0.6) is 0 Å². The Morgan fingerprint density at radius 3 is 2.45 bits per heavy atom. The van der Waals surface area contributed by atoms with Crippen molar-refractivity contribution in [3.63, 3.8) is 0 Å². The van der Waals surface area contributed by atoms with E-state index in [4.69, 9.17) is 0 Å². The van der Waals surface area contributed by atoms with Gasteiger partial charge < -0.3 is 4.90 Å². The lowest BCUT2D eigenvalue weighted by atomic mass is 9.55. The van der Waals surface area contributed by atoms with Gasteiger partial charge in [-0.25, -0.2) is 8.42 Å². The second-order valence-electron chi connectivity index (χ2n) is 13.0. The van der Waals surface area contributed by atoms with Crippen molar-refractivity contribution in [3.05, 3.63) is 64.7 Å². The number of alkyl halides is 3.